The van der Waals surface area contributed by atoms with Gasteiger partial charge in [0.05, 0.1) is 17.0 Å². The maximum atomic E-state index is 14.1. The molecule has 0 unspecified atom stereocenters. The van der Waals surface area contributed by atoms with E-state index in [1.807, 2.05) is 20.0 Å². The summed E-state index contributed by atoms with van der Waals surface area (Å²) >= 11 is 4.73. The first-order chi connectivity index (χ1) is 11.0. The SMILES string of the molecule is Cc1cc(-c2nn3c(-c4cc(Br)ccc4F)nnc3s2)n(C)n1. The molecule has 6 nitrogen and oxygen atoms in total. The van der Waals surface area contributed by atoms with Gasteiger partial charge in [-0.05, 0) is 31.2 Å². The molecule has 0 bridgehead atoms. The van der Waals surface area contributed by atoms with Crippen molar-refractivity contribution in [3.8, 4) is 22.1 Å². The summed E-state index contributed by atoms with van der Waals surface area (Å²) in [5.74, 6) is 0.00798. The number of fused-ring (bicyclic) bond motifs is 1. The monoisotopic (exact) mass is 392 g/mol. The molecule has 4 rings (SSSR count). The lowest BCUT2D eigenvalue weighted by Gasteiger charge is -2.00. The number of aryl methyl sites for hydroxylation is 2. The number of halogens is 2. The summed E-state index contributed by atoms with van der Waals surface area (Å²) in [6, 6.07) is 6.64. The van der Waals surface area contributed by atoms with E-state index in [9.17, 15) is 4.39 Å². The van der Waals surface area contributed by atoms with Gasteiger partial charge in [-0.25, -0.2) is 4.39 Å². The Labute approximate surface area is 142 Å². The van der Waals surface area contributed by atoms with E-state index in [-0.39, 0.29) is 5.82 Å². The van der Waals surface area contributed by atoms with Crippen molar-refractivity contribution in [1.29, 1.82) is 0 Å². The molecular weight excluding hydrogens is 383 g/mol. The maximum absolute atomic E-state index is 14.1. The second kappa shape index (κ2) is 5.20. The van der Waals surface area contributed by atoms with E-state index in [2.05, 4.69) is 36.3 Å². The highest BCUT2D eigenvalue weighted by atomic mass is 79.9. The Morgan fingerprint density at radius 1 is 1.17 bits per heavy atom. The largest absolute Gasteiger partial charge is 0.265 e. The molecule has 23 heavy (non-hydrogen) atoms. The number of hydrogen-bond donors (Lipinski definition) is 0. The minimum Gasteiger partial charge on any atom is -0.265 e. The van der Waals surface area contributed by atoms with E-state index >= 15 is 0 Å². The first-order valence-electron chi connectivity index (χ1n) is 6.71. The Kier molecular flexibility index (Phi) is 3.27. The zero-order valence-electron chi connectivity index (χ0n) is 12.2. The fourth-order valence-electron chi connectivity index (χ4n) is 2.37. The molecule has 0 aliphatic carbocycles. The lowest BCUT2D eigenvalue weighted by atomic mass is 10.2. The predicted octanol–water partition coefficient (Wildman–Crippen LogP) is 3.46. The molecule has 0 aliphatic heterocycles. The Morgan fingerprint density at radius 3 is 2.74 bits per heavy atom. The number of aromatic nitrogens is 6. The molecule has 0 atom stereocenters. The third kappa shape index (κ3) is 2.36. The average molecular weight is 393 g/mol. The van der Waals surface area contributed by atoms with Crippen LogP contribution >= 0.6 is 27.3 Å². The lowest BCUT2D eigenvalue weighted by molar-refractivity contribution is 0.629. The van der Waals surface area contributed by atoms with Crippen LogP contribution in [0.25, 0.3) is 27.1 Å². The summed E-state index contributed by atoms with van der Waals surface area (Å²) in [5, 5.41) is 17.8. The molecule has 4 aromatic rings. The Hall–Kier alpha value is -2.13. The molecule has 9 heteroatoms. The molecule has 3 heterocycles. The zero-order valence-corrected chi connectivity index (χ0v) is 14.6. The van der Waals surface area contributed by atoms with E-state index in [1.54, 1.807) is 21.3 Å². The standard InChI is InChI=1S/C14H10BrFN6S/c1-7-5-11(21(2)19-7)13-20-22-12(17-18-14(22)23-13)9-6-8(15)3-4-10(9)16/h3-6H,1-2H3. The molecule has 0 spiro atoms. The smallest absolute Gasteiger partial charge is 0.235 e. The molecular formula is C14H10BrFN6S. The normalized spacial score (nSPS) is 11.5. The van der Waals surface area contributed by atoms with Crippen molar-refractivity contribution in [2.24, 2.45) is 7.05 Å². The molecule has 0 N–H and O–H groups in total. The fourth-order valence-corrected chi connectivity index (χ4v) is 3.62. The molecule has 1 aromatic carbocycles. The molecule has 0 amide bonds. The summed E-state index contributed by atoms with van der Waals surface area (Å²) in [5.41, 5.74) is 2.15. The number of benzene rings is 1. The van der Waals surface area contributed by atoms with Crippen molar-refractivity contribution in [3.63, 3.8) is 0 Å². The van der Waals surface area contributed by atoms with Gasteiger partial charge in [-0.3, -0.25) is 4.68 Å². The topological polar surface area (TPSA) is 60.9 Å². The third-order valence-electron chi connectivity index (χ3n) is 3.38. The van der Waals surface area contributed by atoms with Gasteiger partial charge in [0.2, 0.25) is 4.96 Å². The van der Waals surface area contributed by atoms with Crippen molar-refractivity contribution >= 4 is 32.2 Å². The van der Waals surface area contributed by atoms with Crippen molar-refractivity contribution < 1.29 is 4.39 Å². The summed E-state index contributed by atoms with van der Waals surface area (Å²) in [6.07, 6.45) is 0. The van der Waals surface area contributed by atoms with E-state index in [0.717, 1.165) is 20.9 Å². The van der Waals surface area contributed by atoms with Gasteiger partial charge in [-0.15, -0.1) is 10.2 Å². The van der Waals surface area contributed by atoms with Crippen LogP contribution < -0.4 is 0 Å². The van der Waals surface area contributed by atoms with Crippen molar-refractivity contribution in [1.82, 2.24) is 29.6 Å². The third-order valence-corrected chi connectivity index (χ3v) is 4.80. The van der Waals surface area contributed by atoms with Crippen LogP contribution in [-0.4, -0.2) is 29.6 Å². The van der Waals surface area contributed by atoms with Crippen LogP contribution in [0.4, 0.5) is 4.39 Å². The molecule has 116 valence electrons. The van der Waals surface area contributed by atoms with Gasteiger partial charge in [0.1, 0.15) is 5.82 Å². The predicted molar refractivity (Wildman–Crippen MR) is 88.7 cm³/mol. The molecule has 0 saturated heterocycles. The number of rotatable bonds is 2. The van der Waals surface area contributed by atoms with Crippen LogP contribution in [0.2, 0.25) is 0 Å². The molecule has 0 fully saturated rings. The van der Waals surface area contributed by atoms with Gasteiger partial charge < -0.3 is 0 Å². The van der Waals surface area contributed by atoms with Gasteiger partial charge in [0.25, 0.3) is 0 Å². The Bertz CT molecular complexity index is 1030. The first kappa shape index (κ1) is 14.5. The van der Waals surface area contributed by atoms with Gasteiger partial charge in [-0.2, -0.15) is 14.7 Å². The van der Waals surface area contributed by atoms with Crippen LogP contribution in [0.3, 0.4) is 0 Å². The van der Waals surface area contributed by atoms with Crippen LogP contribution in [0.1, 0.15) is 5.69 Å². The van der Waals surface area contributed by atoms with E-state index in [0.29, 0.717) is 16.3 Å². The quantitative estimate of drug-likeness (QED) is 0.523. The Balaban J connectivity index is 1.90. The van der Waals surface area contributed by atoms with Crippen molar-refractivity contribution in [3.05, 3.63) is 40.2 Å². The van der Waals surface area contributed by atoms with Gasteiger partial charge in [0, 0.05) is 11.5 Å². The average Bonchev–Trinajstić information content (AvgIpc) is 3.15. The van der Waals surface area contributed by atoms with Crippen LogP contribution in [0.15, 0.2) is 28.7 Å². The summed E-state index contributed by atoms with van der Waals surface area (Å²) in [4.78, 5) is 0.605. The fraction of sp³-hybridized carbons (Fsp3) is 0.143. The van der Waals surface area contributed by atoms with Crippen LogP contribution in [-0.2, 0) is 7.05 Å². The highest BCUT2D eigenvalue weighted by Crippen LogP contribution is 2.30. The highest BCUT2D eigenvalue weighted by molar-refractivity contribution is 9.10. The molecule has 0 aliphatic rings. The summed E-state index contributed by atoms with van der Waals surface area (Å²) < 4.78 is 18.2. The van der Waals surface area contributed by atoms with Crippen LogP contribution in [0, 0.1) is 12.7 Å². The number of hydrogen-bond acceptors (Lipinski definition) is 5. The number of nitrogens with zero attached hydrogens (tertiary/aromatic N) is 6. The first-order valence-corrected chi connectivity index (χ1v) is 8.32. The maximum Gasteiger partial charge on any atom is 0.235 e. The van der Waals surface area contributed by atoms with E-state index < -0.39 is 0 Å². The molecule has 0 radical (unpaired) electrons. The lowest BCUT2D eigenvalue weighted by Crippen LogP contribution is -1.96. The second-order valence-electron chi connectivity index (χ2n) is 5.04. The summed E-state index contributed by atoms with van der Waals surface area (Å²) in [6.45, 7) is 1.92. The minimum absolute atomic E-state index is 0.352. The Morgan fingerprint density at radius 2 is 2.00 bits per heavy atom. The molecule has 3 aromatic heterocycles. The van der Waals surface area contributed by atoms with Crippen LogP contribution in [0.5, 0.6) is 0 Å². The van der Waals surface area contributed by atoms with E-state index in [1.165, 1.54) is 17.4 Å². The second-order valence-corrected chi connectivity index (χ2v) is 6.92. The van der Waals surface area contributed by atoms with Gasteiger partial charge >= 0.3 is 0 Å². The van der Waals surface area contributed by atoms with Gasteiger partial charge in [-0.1, -0.05) is 27.3 Å². The minimum atomic E-state index is -0.367. The van der Waals surface area contributed by atoms with E-state index in [4.69, 9.17) is 0 Å². The summed E-state index contributed by atoms with van der Waals surface area (Å²) in [7, 11) is 1.86. The van der Waals surface area contributed by atoms with Crippen molar-refractivity contribution in [2.45, 2.75) is 6.92 Å². The highest BCUT2D eigenvalue weighted by Gasteiger charge is 2.19. The van der Waals surface area contributed by atoms with Crippen molar-refractivity contribution in [2.75, 3.05) is 0 Å². The zero-order chi connectivity index (χ0) is 16.1. The van der Waals surface area contributed by atoms with Gasteiger partial charge in [0.15, 0.2) is 10.8 Å². The molecule has 0 saturated carbocycles.